The van der Waals surface area contributed by atoms with E-state index in [9.17, 15) is 4.79 Å². The molecule has 0 saturated heterocycles. The van der Waals surface area contributed by atoms with Crippen molar-refractivity contribution < 1.29 is 18.6 Å². The van der Waals surface area contributed by atoms with Gasteiger partial charge in [0, 0.05) is 21.1 Å². The molecule has 0 aliphatic heterocycles. The van der Waals surface area contributed by atoms with Crippen LogP contribution < -0.4 is 0 Å². The third-order valence-corrected chi connectivity index (χ3v) is 2.33. The van der Waals surface area contributed by atoms with Crippen molar-refractivity contribution in [3.8, 4) is 0 Å². The van der Waals surface area contributed by atoms with Gasteiger partial charge in [0.25, 0.3) is 8.38 Å². The second-order valence-electron chi connectivity index (χ2n) is 1.60. The Morgan fingerprint density at radius 2 is 1.91 bits per heavy atom. The Kier molecular flexibility index (Phi) is 4.83. The van der Waals surface area contributed by atoms with Crippen LogP contribution in [0.3, 0.4) is 0 Å². The molecule has 0 aliphatic rings. The third kappa shape index (κ3) is 2.87. The zero-order chi connectivity index (χ0) is 8.85. The first-order chi connectivity index (χ1) is 5.17. The molecule has 0 aromatic carbocycles. The van der Waals surface area contributed by atoms with Crippen LogP contribution in [0.5, 0.6) is 0 Å². The molecule has 0 aromatic heterocycles. The van der Waals surface area contributed by atoms with Gasteiger partial charge in [-0.3, -0.25) is 4.79 Å². The predicted molar refractivity (Wildman–Crippen MR) is 40.2 cm³/mol. The van der Waals surface area contributed by atoms with Crippen LogP contribution in [0.25, 0.3) is 5.53 Å². The van der Waals surface area contributed by atoms with Crippen molar-refractivity contribution >= 4 is 19.6 Å². The molecule has 0 saturated carbocycles. The summed E-state index contributed by atoms with van der Waals surface area (Å²) in [5.41, 5.74) is 8.27. The van der Waals surface area contributed by atoms with Crippen LogP contribution in [-0.4, -0.2) is 30.2 Å². The summed E-state index contributed by atoms with van der Waals surface area (Å²) in [6, 6.07) is 0. The number of ketones is 1. The molecular weight excluding hydrogens is 167 g/mol. The van der Waals surface area contributed by atoms with Crippen LogP contribution in [0, 0.1) is 0 Å². The Morgan fingerprint density at radius 1 is 1.45 bits per heavy atom. The maximum Gasteiger partial charge on any atom is 0.408 e. The molecule has 11 heavy (non-hydrogen) atoms. The number of hydrogen-bond donors (Lipinski definition) is 0. The number of hydrogen-bond acceptors (Lipinski definition) is 3. The molecule has 0 spiro atoms. The fourth-order valence-electron chi connectivity index (χ4n) is 0.483. The van der Waals surface area contributed by atoms with Crippen LogP contribution in [-0.2, 0) is 13.8 Å². The van der Waals surface area contributed by atoms with Gasteiger partial charge in [-0.15, -0.1) is 0 Å². The second kappa shape index (κ2) is 5.10. The molecule has 0 heterocycles. The summed E-state index contributed by atoms with van der Waals surface area (Å²) in [7, 11) is 1.25. The molecule has 0 N–H and O–H groups in total. The van der Waals surface area contributed by atoms with E-state index in [1.165, 1.54) is 21.1 Å². The van der Waals surface area contributed by atoms with E-state index in [0.29, 0.717) is 0 Å². The molecule has 0 rings (SSSR count). The highest BCUT2D eigenvalue weighted by atomic mass is 31.2. The smallest absolute Gasteiger partial charge is 0.360 e. The average molecular weight is 176 g/mol. The van der Waals surface area contributed by atoms with E-state index in [4.69, 9.17) is 14.6 Å². The lowest BCUT2D eigenvalue weighted by atomic mass is 10.5. The number of carbonyl (C=O) groups is 1. The molecule has 6 heteroatoms. The number of rotatable bonds is 4. The lowest BCUT2D eigenvalue weighted by Crippen LogP contribution is -2.10. The predicted octanol–water partition coefficient (Wildman–Crippen LogP) is 0.808. The summed E-state index contributed by atoms with van der Waals surface area (Å²) in [5.74, 6) is -0.359. The summed E-state index contributed by atoms with van der Waals surface area (Å²) in [4.78, 5) is 13.5. The van der Waals surface area contributed by atoms with Crippen molar-refractivity contribution in [1.82, 2.24) is 0 Å². The summed E-state index contributed by atoms with van der Waals surface area (Å²) in [6.45, 7) is 1.28. The Morgan fingerprint density at radius 3 is 2.00 bits per heavy atom. The minimum absolute atomic E-state index is 0.0787. The van der Waals surface area contributed by atoms with E-state index in [-0.39, 0.29) is 11.2 Å². The lowest BCUT2D eigenvalue weighted by Gasteiger charge is -2.03. The van der Waals surface area contributed by atoms with Gasteiger partial charge in [0.1, 0.15) is 0 Å². The van der Waals surface area contributed by atoms with Gasteiger partial charge in [-0.1, -0.05) is 0 Å². The van der Waals surface area contributed by atoms with Crippen LogP contribution in [0.4, 0.5) is 0 Å². The molecule has 0 fully saturated rings. The van der Waals surface area contributed by atoms with Gasteiger partial charge in [0.15, 0.2) is 0 Å². The van der Waals surface area contributed by atoms with Gasteiger partial charge in [-0.25, -0.2) is 0 Å². The largest absolute Gasteiger partial charge is 0.408 e. The maximum absolute atomic E-state index is 10.7. The van der Waals surface area contributed by atoms with Crippen molar-refractivity contribution in [2.75, 3.05) is 14.2 Å². The van der Waals surface area contributed by atoms with Gasteiger partial charge < -0.3 is 14.6 Å². The third-order valence-electron chi connectivity index (χ3n) is 0.914. The van der Waals surface area contributed by atoms with E-state index >= 15 is 0 Å². The van der Waals surface area contributed by atoms with Gasteiger partial charge in [0.05, 0.1) is 0 Å². The summed E-state index contributed by atoms with van der Waals surface area (Å²) in [5, 5.41) is 0. The molecule has 0 atom stereocenters. The molecule has 5 nitrogen and oxygen atoms in total. The van der Waals surface area contributed by atoms with Crippen molar-refractivity contribution in [1.29, 1.82) is 0 Å². The maximum atomic E-state index is 10.7. The lowest BCUT2D eigenvalue weighted by molar-refractivity contribution is -0.114. The monoisotopic (exact) mass is 176 g/mol. The highest BCUT2D eigenvalue weighted by Gasteiger charge is 2.29. The standard InChI is InChI=1S/C5H9N2O3P/c1-4(8)5(7-6)11(9-2)10-3/h1-3H3. The SMILES string of the molecule is COP(OC)C(=[N+]=[N-])C(C)=O. The van der Waals surface area contributed by atoms with Crippen molar-refractivity contribution in [2.45, 2.75) is 6.92 Å². The van der Waals surface area contributed by atoms with Crippen LogP contribution in [0.15, 0.2) is 0 Å². The average Bonchev–Trinajstić information content (AvgIpc) is 1.99. The topological polar surface area (TPSA) is 71.9 Å². The zero-order valence-electron chi connectivity index (χ0n) is 6.57. The molecule has 0 unspecified atom stereocenters. The Balaban J connectivity index is 4.49. The van der Waals surface area contributed by atoms with Crippen molar-refractivity contribution in [3.63, 3.8) is 0 Å². The Labute approximate surface area is 65.8 Å². The molecular formula is C5H9N2O3P. The summed E-state index contributed by atoms with van der Waals surface area (Å²) < 4.78 is 9.49. The van der Waals surface area contributed by atoms with Crippen molar-refractivity contribution in [2.24, 2.45) is 0 Å². The van der Waals surface area contributed by atoms with Crippen LogP contribution >= 0.6 is 8.38 Å². The number of Topliss-reactive ketones (excluding diaryl/α,β-unsaturated/α-hetero) is 1. The molecule has 62 valence electrons. The highest BCUT2D eigenvalue weighted by Crippen LogP contribution is 2.36. The van der Waals surface area contributed by atoms with E-state index in [1.54, 1.807) is 0 Å². The molecule has 0 aliphatic carbocycles. The fraction of sp³-hybridized carbons (Fsp3) is 0.600. The number of carbonyl (C=O) groups excluding carboxylic acids is 1. The minimum Gasteiger partial charge on any atom is -0.360 e. The fourth-order valence-corrected chi connectivity index (χ4v) is 1.31. The van der Waals surface area contributed by atoms with E-state index in [1.807, 2.05) is 0 Å². The molecule has 0 radical (unpaired) electrons. The van der Waals surface area contributed by atoms with Gasteiger partial charge in [0.2, 0.25) is 5.78 Å². The normalized spacial score (nSPS) is 9.45. The minimum atomic E-state index is -1.51. The second-order valence-corrected chi connectivity index (χ2v) is 3.27. The van der Waals surface area contributed by atoms with Gasteiger partial charge in [-0.2, -0.15) is 4.79 Å². The molecule has 0 bridgehead atoms. The zero-order valence-corrected chi connectivity index (χ0v) is 7.46. The van der Waals surface area contributed by atoms with E-state index in [2.05, 4.69) is 4.79 Å². The van der Waals surface area contributed by atoms with Gasteiger partial charge in [-0.05, 0) is 0 Å². The summed E-state index contributed by atoms with van der Waals surface area (Å²) in [6.07, 6.45) is 0. The van der Waals surface area contributed by atoms with E-state index < -0.39 is 8.38 Å². The summed E-state index contributed by atoms with van der Waals surface area (Å²) >= 11 is 0. The molecule has 0 amide bonds. The first-order valence-corrected chi connectivity index (χ1v) is 3.96. The quantitative estimate of drug-likeness (QED) is 0.275. The van der Waals surface area contributed by atoms with Crippen LogP contribution in [0.1, 0.15) is 6.92 Å². The first kappa shape index (κ1) is 10.4. The van der Waals surface area contributed by atoms with Gasteiger partial charge >= 0.3 is 5.45 Å². The Bertz CT molecular complexity index is 196. The Hall–Kier alpha value is -0.600. The number of nitrogens with zero attached hydrogens (tertiary/aromatic N) is 2. The van der Waals surface area contributed by atoms with Crippen LogP contribution in [0.2, 0.25) is 0 Å². The highest BCUT2D eigenvalue weighted by molar-refractivity contribution is 7.69. The molecule has 0 aromatic rings. The van der Waals surface area contributed by atoms with E-state index in [0.717, 1.165) is 0 Å². The first-order valence-electron chi connectivity index (χ1n) is 2.78. The van der Waals surface area contributed by atoms with Crippen molar-refractivity contribution in [3.05, 3.63) is 5.53 Å².